The van der Waals surface area contributed by atoms with Crippen LogP contribution in [0.4, 0.5) is 4.79 Å². The maximum absolute atomic E-state index is 12.6. The number of nitrogens with one attached hydrogen (secondary N) is 3. The van der Waals surface area contributed by atoms with E-state index in [9.17, 15) is 19.2 Å². The molecule has 1 saturated heterocycles. The fourth-order valence-electron chi connectivity index (χ4n) is 2.71. The third-order valence-electron chi connectivity index (χ3n) is 4.28. The highest BCUT2D eigenvalue weighted by atomic mass is 16.2. The predicted octanol–water partition coefficient (Wildman–Crippen LogP) is 0.963. The molecule has 3 rings (SSSR count). The van der Waals surface area contributed by atoms with Crippen molar-refractivity contribution in [3.05, 3.63) is 70.1 Å². The van der Waals surface area contributed by atoms with Gasteiger partial charge in [-0.05, 0) is 31.4 Å². The number of amides is 4. The summed E-state index contributed by atoms with van der Waals surface area (Å²) in [4.78, 5) is 50.4. The van der Waals surface area contributed by atoms with Crippen LogP contribution in [0.25, 0.3) is 0 Å². The van der Waals surface area contributed by atoms with Crippen molar-refractivity contribution in [2.75, 3.05) is 0 Å². The number of carbonyl (C=O) groups excluding carboxylic acids is 3. The van der Waals surface area contributed by atoms with Crippen molar-refractivity contribution < 1.29 is 14.4 Å². The fourth-order valence-corrected chi connectivity index (χ4v) is 2.71. The summed E-state index contributed by atoms with van der Waals surface area (Å²) in [7, 11) is 0. The first kappa shape index (κ1) is 17.4. The molecule has 4 amide bonds. The van der Waals surface area contributed by atoms with Gasteiger partial charge < -0.3 is 10.3 Å². The molecule has 0 bridgehead atoms. The zero-order valence-corrected chi connectivity index (χ0v) is 14.1. The van der Waals surface area contributed by atoms with E-state index in [-0.39, 0.29) is 11.1 Å². The zero-order chi connectivity index (χ0) is 18.7. The number of aromatic amines is 1. The number of imide groups is 1. The second-order valence-electron chi connectivity index (χ2n) is 6.27. The van der Waals surface area contributed by atoms with Crippen molar-refractivity contribution in [2.45, 2.75) is 25.3 Å². The molecule has 3 N–H and O–H groups in total. The number of aryl methyl sites for hydroxylation is 1. The molecular weight excluding hydrogens is 336 g/mol. The minimum absolute atomic E-state index is 0.128. The van der Waals surface area contributed by atoms with Gasteiger partial charge in [0.05, 0.1) is 5.56 Å². The van der Waals surface area contributed by atoms with Crippen molar-refractivity contribution in [1.29, 1.82) is 0 Å². The Labute approximate surface area is 149 Å². The van der Waals surface area contributed by atoms with Gasteiger partial charge in [-0.1, -0.05) is 30.3 Å². The Morgan fingerprint density at radius 1 is 1.12 bits per heavy atom. The van der Waals surface area contributed by atoms with Crippen molar-refractivity contribution in [3.8, 4) is 0 Å². The molecule has 1 atom stereocenters. The number of aromatic nitrogens is 1. The van der Waals surface area contributed by atoms with E-state index in [0.29, 0.717) is 17.9 Å². The van der Waals surface area contributed by atoms with E-state index in [2.05, 4.69) is 15.7 Å². The standard InChI is InChI=1S/C18H18N4O4/c1-18(10-9-12-5-3-2-4-6-12)16(25)22(17(26)20-18)21-15(24)13-7-8-14(23)19-11-13/h2-8,11H,9-10H2,1H3,(H,19,23)(H,20,26)(H,21,24)/t18-/m0/s1. The summed E-state index contributed by atoms with van der Waals surface area (Å²) in [6.07, 6.45) is 2.21. The lowest BCUT2D eigenvalue weighted by atomic mass is 9.93. The first-order chi connectivity index (χ1) is 12.4. The van der Waals surface area contributed by atoms with Gasteiger partial charge in [0.25, 0.3) is 11.8 Å². The van der Waals surface area contributed by atoms with E-state index in [1.165, 1.54) is 18.3 Å². The lowest BCUT2D eigenvalue weighted by Crippen LogP contribution is -2.49. The summed E-state index contributed by atoms with van der Waals surface area (Å²) in [5, 5.41) is 3.31. The Hall–Kier alpha value is -3.42. The second-order valence-corrected chi connectivity index (χ2v) is 6.27. The number of nitrogens with zero attached hydrogens (tertiary/aromatic N) is 1. The van der Waals surface area contributed by atoms with Crippen LogP contribution in [-0.2, 0) is 11.2 Å². The first-order valence-electron chi connectivity index (χ1n) is 8.09. The first-order valence-corrected chi connectivity index (χ1v) is 8.09. The van der Waals surface area contributed by atoms with Gasteiger partial charge in [0.2, 0.25) is 5.56 Å². The smallest absolute Gasteiger partial charge is 0.328 e. The lowest BCUT2D eigenvalue weighted by Gasteiger charge is -2.21. The highest BCUT2D eigenvalue weighted by Gasteiger charge is 2.48. The van der Waals surface area contributed by atoms with E-state index >= 15 is 0 Å². The number of H-pyrrole nitrogens is 1. The van der Waals surface area contributed by atoms with Gasteiger partial charge in [-0.3, -0.25) is 19.8 Å². The van der Waals surface area contributed by atoms with Crippen LogP contribution in [0.1, 0.15) is 29.3 Å². The molecule has 1 aromatic heterocycles. The molecular formula is C18H18N4O4. The molecule has 2 aromatic rings. The highest BCUT2D eigenvalue weighted by Crippen LogP contribution is 2.22. The van der Waals surface area contributed by atoms with Crippen LogP contribution < -0.4 is 16.3 Å². The van der Waals surface area contributed by atoms with E-state index in [1.54, 1.807) is 6.92 Å². The van der Waals surface area contributed by atoms with Gasteiger partial charge >= 0.3 is 6.03 Å². The molecule has 1 fully saturated rings. The number of benzene rings is 1. The van der Waals surface area contributed by atoms with E-state index < -0.39 is 23.4 Å². The van der Waals surface area contributed by atoms with E-state index in [1.807, 2.05) is 30.3 Å². The largest absolute Gasteiger partial charge is 0.344 e. The summed E-state index contributed by atoms with van der Waals surface area (Å²) in [6, 6.07) is 11.4. The Bertz CT molecular complexity index is 888. The van der Waals surface area contributed by atoms with Crippen LogP contribution >= 0.6 is 0 Å². The molecule has 0 unspecified atom stereocenters. The number of hydrazine groups is 1. The number of carbonyl (C=O) groups is 3. The maximum Gasteiger partial charge on any atom is 0.344 e. The molecule has 8 nitrogen and oxygen atoms in total. The van der Waals surface area contributed by atoms with E-state index in [0.717, 1.165) is 5.56 Å². The van der Waals surface area contributed by atoms with Crippen LogP contribution in [0.3, 0.4) is 0 Å². The van der Waals surface area contributed by atoms with Gasteiger partial charge in [0.1, 0.15) is 5.54 Å². The highest BCUT2D eigenvalue weighted by molar-refractivity contribution is 6.09. The number of hydrogen-bond acceptors (Lipinski definition) is 4. The van der Waals surface area contributed by atoms with Gasteiger partial charge in [-0.15, -0.1) is 0 Å². The number of urea groups is 1. The maximum atomic E-state index is 12.6. The van der Waals surface area contributed by atoms with Crippen LogP contribution in [0.15, 0.2) is 53.5 Å². The quantitative estimate of drug-likeness (QED) is 0.695. The van der Waals surface area contributed by atoms with Gasteiger partial charge in [-0.25, -0.2) is 4.79 Å². The predicted molar refractivity (Wildman–Crippen MR) is 93.1 cm³/mol. The average molecular weight is 354 g/mol. The van der Waals surface area contributed by atoms with Crippen molar-refractivity contribution in [2.24, 2.45) is 0 Å². The second kappa shape index (κ2) is 6.83. The van der Waals surface area contributed by atoms with Gasteiger partial charge in [0, 0.05) is 12.3 Å². The topological polar surface area (TPSA) is 111 Å². The molecule has 0 aliphatic carbocycles. The molecule has 2 heterocycles. The monoisotopic (exact) mass is 354 g/mol. The molecule has 1 aliphatic rings. The van der Waals surface area contributed by atoms with Crippen LogP contribution in [0, 0.1) is 0 Å². The number of rotatable bonds is 5. The SMILES string of the molecule is C[C@@]1(CCc2ccccc2)NC(=O)N(NC(=O)c2ccc(=O)[nH]c2)C1=O. The van der Waals surface area contributed by atoms with Gasteiger partial charge in [-0.2, -0.15) is 5.01 Å². The third kappa shape index (κ3) is 3.49. The zero-order valence-electron chi connectivity index (χ0n) is 14.1. The summed E-state index contributed by atoms with van der Waals surface area (Å²) >= 11 is 0. The molecule has 0 radical (unpaired) electrons. The van der Waals surface area contributed by atoms with Crippen molar-refractivity contribution >= 4 is 17.8 Å². The van der Waals surface area contributed by atoms with Crippen molar-refractivity contribution in [1.82, 2.24) is 20.7 Å². The normalized spacial score (nSPS) is 19.3. The summed E-state index contributed by atoms with van der Waals surface area (Å²) in [6.45, 7) is 1.63. The minimum atomic E-state index is -1.11. The Kier molecular flexibility index (Phi) is 4.57. The molecule has 0 spiro atoms. The molecule has 26 heavy (non-hydrogen) atoms. The molecule has 1 aromatic carbocycles. The number of pyridine rings is 1. The third-order valence-corrected chi connectivity index (χ3v) is 4.28. The Morgan fingerprint density at radius 2 is 1.85 bits per heavy atom. The summed E-state index contributed by atoms with van der Waals surface area (Å²) < 4.78 is 0. The Balaban J connectivity index is 1.68. The van der Waals surface area contributed by atoms with Crippen LogP contribution in [0.5, 0.6) is 0 Å². The average Bonchev–Trinajstić information content (AvgIpc) is 2.85. The molecule has 8 heteroatoms. The number of hydrogen-bond donors (Lipinski definition) is 3. The molecule has 134 valence electrons. The summed E-state index contributed by atoms with van der Waals surface area (Å²) in [5.41, 5.74) is 1.99. The van der Waals surface area contributed by atoms with Crippen molar-refractivity contribution in [3.63, 3.8) is 0 Å². The summed E-state index contributed by atoms with van der Waals surface area (Å²) in [5.74, 6) is -1.20. The molecule has 1 aliphatic heterocycles. The van der Waals surface area contributed by atoms with Gasteiger partial charge in [0.15, 0.2) is 0 Å². The Morgan fingerprint density at radius 3 is 2.50 bits per heavy atom. The van der Waals surface area contributed by atoms with Crippen LogP contribution in [-0.4, -0.2) is 33.4 Å². The lowest BCUT2D eigenvalue weighted by molar-refractivity contribution is -0.132. The minimum Gasteiger partial charge on any atom is -0.328 e. The molecule has 0 saturated carbocycles. The van der Waals surface area contributed by atoms with Crippen LogP contribution in [0.2, 0.25) is 0 Å². The fraction of sp³-hybridized carbons (Fsp3) is 0.222. The van der Waals surface area contributed by atoms with E-state index in [4.69, 9.17) is 0 Å².